The Morgan fingerprint density at radius 1 is 1.24 bits per heavy atom. The van der Waals surface area contributed by atoms with Crippen LogP contribution in [0.5, 0.6) is 0 Å². The van der Waals surface area contributed by atoms with Crippen molar-refractivity contribution in [2.75, 3.05) is 18.0 Å². The number of piperidine rings is 1. The van der Waals surface area contributed by atoms with Crippen LogP contribution in [0.15, 0.2) is 17.4 Å². The van der Waals surface area contributed by atoms with E-state index in [1.54, 1.807) is 12.4 Å². The van der Waals surface area contributed by atoms with Gasteiger partial charge >= 0.3 is 0 Å². The first kappa shape index (κ1) is 14.6. The highest BCUT2D eigenvalue weighted by atomic mass is 32.2. The second kappa shape index (κ2) is 6.64. The molecule has 5 nitrogen and oxygen atoms in total. The molecule has 2 N–H and O–H groups in total. The molecule has 0 spiro atoms. The molecule has 2 atom stereocenters. The molecule has 0 aromatic carbocycles. The molecule has 21 heavy (non-hydrogen) atoms. The second-order valence-electron chi connectivity index (χ2n) is 5.88. The van der Waals surface area contributed by atoms with Crippen molar-refractivity contribution < 1.29 is 4.79 Å². The molecule has 114 valence electrons. The van der Waals surface area contributed by atoms with Crippen LogP contribution in [-0.4, -0.2) is 39.1 Å². The SMILES string of the molecule is Nc1nccnc1SCC(=O)N1CCCC2CCCCC21. The molecule has 2 unspecified atom stereocenters. The fourth-order valence-corrected chi connectivity index (χ4v) is 4.36. The van der Waals surface area contributed by atoms with Crippen LogP contribution in [0, 0.1) is 5.92 Å². The summed E-state index contributed by atoms with van der Waals surface area (Å²) in [6.45, 7) is 0.913. The smallest absolute Gasteiger partial charge is 0.233 e. The molecule has 1 aliphatic carbocycles. The number of thioether (sulfide) groups is 1. The van der Waals surface area contributed by atoms with Gasteiger partial charge in [-0.15, -0.1) is 0 Å². The number of rotatable bonds is 3. The molecule has 6 heteroatoms. The minimum Gasteiger partial charge on any atom is -0.381 e. The summed E-state index contributed by atoms with van der Waals surface area (Å²) in [7, 11) is 0. The van der Waals surface area contributed by atoms with Crippen molar-refractivity contribution in [2.24, 2.45) is 5.92 Å². The van der Waals surface area contributed by atoms with Crippen LogP contribution in [0.25, 0.3) is 0 Å². The van der Waals surface area contributed by atoms with Crippen LogP contribution in [0.1, 0.15) is 38.5 Å². The van der Waals surface area contributed by atoms with Crippen LogP contribution < -0.4 is 5.73 Å². The average molecular weight is 306 g/mol. The van der Waals surface area contributed by atoms with Crippen LogP contribution >= 0.6 is 11.8 Å². The molecule has 3 rings (SSSR count). The summed E-state index contributed by atoms with van der Waals surface area (Å²) in [4.78, 5) is 22.9. The first-order valence-electron chi connectivity index (χ1n) is 7.74. The first-order valence-corrected chi connectivity index (χ1v) is 8.73. The van der Waals surface area contributed by atoms with Gasteiger partial charge in [0.1, 0.15) is 5.03 Å². The van der Waals surface area contributed by atoms with Crippen molar-refractivity contribution in [2.45, 2.75) is 49.6 Å². The lowest BCUT2D eigenvalue weighted by molar-refractivity contribution is -0.134. The lowest BCUT2D eigenvalue weighted by Crippen LogP contribution is -2.50. The molecule has 0 bridgehead atoms. The number of carbonyl (C=O) groups excluding carboxylic acids is 1. The third-order valence-corrected chi connectivity index (χ3v) is 5.57. The van der Waals surface area contributed by atoms with Gasteiger partial charge in [0, 0.05) is 25.0 Å². The number of aromatic nitrogens is 2. The van der Waals surface area contributed by atoms with Gasteiger partial charge in [0.25, 0.3) is 0 Å². The molecular formula is C15H22N4OS. The lowest BCUT2D eigenvalue weighted by Gasteiger charge is -2.44. The Balaban J connectivity index is 1.60. The summed E-state index contributed by atoms with van der Waals surface area (Å²) >= 11 is 1.40. The maximum absolute atomic E-state index is 12.6. The Morgan fingerprint density at radius 2 is 2.00 bits per heavy atom. The number of hydrogen-bond donors (Lipinski definition) is 1. The molecule has 2 heterocycles. The Labute approximate surface area is 129 Å². The highest BCUT2D eigenvalue weighted by Gasteiger charge is 2.35. The lowest BCUT2D eigenvalue weighted by atomic mass is 9.78. The van der Waals surface area contributed by atoms with Crippen LogP contribution in [0.3, 0.4) is 0 Å². The van der Waals surface area contributed by atoms with Crippen LogP contribution in [-0.2, 0) is 4.79 Å². The number of nitrogens with two attached hydrogens (primary N) is 1. The molecule has 2 aliphatic rings. The van der Waals surface area contributed by atoms with Crippen molar-refractivity contribution in [3.63, 3.8) is 0 Å². The Hall–Kier alpha value is -1.30. The van der Waals surface area contributed by atoms with Gasteiger partial charge in [-0.05, 0) is 31.6 Å². The zero-order valence-electron chi connectivity index (χ0n) is 12.2. The van der Waals surface area contributed by atoms with Gasteiger partial charge < -0.3 is 10.6 Å². The van der Waals surface area contributed by atoms with E-state index in [4.69, 9.17) is 5.73 Å². The molecule has 1 aliphatic heterocycles. The minimum absolute atomic E-state index is 0.224. The summed E-state index contributed by atoms with van der Waals surface area (Å²) in [6.07, 6.45) is 10.7. The molecule has 2 fully saturated rings. The van der Waals surface area contributed by atoms with E-state index < -0.39 is 0 Å². The van der Waals surface area contributed by atoms with Crippen LogP contribution in [0.4, 0.5) is 5.82 Å². The van der Waals surface area contributed by atoms with E-state index >= 15 is 0 Å². The summed E-state index contributed by atoms with van der Waals surface area (Å²) < 4.78 is 0. The third kappa shape index (κ3) is 3.31. The van der Waals surface area contributed by atoms with E-state index in [1.807, 2.05) is 0 Å². The quantitative estimate of drug-likeness (QED) is 0.868. The Bertz CT molecular complexity index is 508. The summed E-state index contributed by atoms with van der Waals surface area (Å²) in [6, 6.07) is 0.472. The van der Waals surface area contributed by atoms with Gasteiger partial charge in [0.15, 0.2) is 5.82 Å². The number of anilines is 1. The Kier molecular flexibility index (Phi) is 4.63. The fourth-order valence-electron chi connectivity index (χ4n) is 3.59. The predicted octanol–water partition coefficient (Wildman–Crippen LogP) is 2.33. The highest BCUT2D eigenvalue weighted by molar-refractivity contribution is 8.00. The third-order valence-electron chi connectivity index (χ3n) is 4.59. The topological polar surface area (TPSA) is 72.1 Å². The number of amides is 1. The van der Waals surface area contributed by atoms with Gasteiger partial charge in [0.05, 0.1) is 5.75 Å². The van der Waals surface area contributed by atoms with Crippen molar-refractivity contribution in [1.82, 2.24) is 14.9 Å². The van der Waals surface area contributed by atoms with Crippen molar-refractivity contribution in [1.29, 1.82) is 0 Å². The standard InChI is InChI=1S/C15H22N4OS/c16-14-15(18-8-7-17-14)21-10-13(20)19-9-3-5-11-4-1-2-6-12(11)19/h7-8,11-12H,1-6,9-10H2,(H2,16,17). The minimum atomic E-state index is 0.224. The number of nitrogen functional groups attached to an aromatic ring is 1. The van der Waals surface area contributed by atoms with Gasteiger partial charge in [0.2, 0.25) is 5.91 Å². The Morgan fingerprint density at radius 3 is 2.86 bits per heavy atom. The van der Waals surface area contributed by atoms with Crippen LogP contribution in [0.2, 0.25) is 0 Å². The molecule has 1 amide bonds. The van der Waals surface area contributed by atoms with E-state index in [1.165, 1.54) is 43.9 Å². The molecule has 0 radical (unpaired) electrons. The molecule has 1 aromatic heterocycles. The second-order valence-corrected chi connectivity index (χ2v) is 6.84. The van der Waals surface area contributed by atoms with E-state index in [9.17, 15) is 4.79 Å². The van der Waals surface area contributed by atoms with Gasteiger partial charge in [-0.2, -0.15) is 0 Å². The van der Waals surface area contributed by atoms with E-state index in [0.29, 0.717) is 22.6 Å². The zero-order valence-corrected chi connectivity index (χ0v) is 13.0. The van der Waals surface area contributed by atoms with E-state index in [2.05, 4.69) is 14.9 Å². The molecule has 1 aromatic rings. The summed E-state index contributed by atoms with van der Waals surface area (Å²) in [5.41, 5.74) is 5.77. The predicted molar refractivity (Wildman–Crippen MR) is 83.9 cm³/mol. The average Bonchev–Trinajstić information content (AvgIpc) is 2.53. The van der Waals surface area contributed by atoms with Gasteiger partial charge in [-0.25, -0.2) is 9.97 Å². The number of carbonyl (C=O) groups is 1. The zero-order chi connectivity index (χ0) is 14.7. The summed E-state index contributed by atoms with van der Waals surface area (Å²) in [5, 5.41) is 0.656. The largest absolute Gasteiger partial charge is 0.381 e. The highest BCUT2D eigenvalue weighted by Crippen LogP contribution is 2.35. The van der Waals surface area contributed by atoms with Crippen molar-refractivity contribution >= 4 is 23.5 Å². The number of fused-ring (bicyclic) bond motifs is 1. The molecular weight excluding hydrogens is 284 g/mol. The van der Waals surface area contributed by atoms with Crippen molar-refractivity contribution in [3.05, 3.63) is 12.4 Å². The van der Waals surface area contributed by atoms with E-state index in [-0.39, 0.29) is 5.91 Å². The van der Waals surface area contributed by atoms with E-state index in [0.717, 1.165) is 18.9 Å². The van der Waals surface area contributed by atoms with Crippen molar-refractivity contribution in [3.8, 4) is 0 Å². The summed E-state index contributed by atoms with van der Waals surface area (Å²) in [5.74, 6) is 1.76. The maximum Gasteiger partial charge on any atom is 0.233 e. The fraction of sp³-hybridized carbons (Fsp3) is 0.667. The number of nitrogens with zero attached hydrogens (tertiary/aromatic N) is 3. The molecule has 1 saturated heterocycles. The first-order chi connectivity index (χ1) is 10.3. The van der Waals surface area contributed by atoms with Gasteiger partial charge in [-0.3, -0.25) is 4.79 Å². The normalized spacial score (nSPS) is 25.4. The van der Waals surface area contributed by atoms with Gasteiger partial charge in [-0.1, -0.05) is 24.6 Å². The maximum atomic E-state index is 12.6. The molecule has 1 saturated carbocycles. The monoisotopic (exact) mass is 306 g/mol. The number of hydrogen-bond acceptors (Lipinski definition) is 5. The number of likely N-dealkylation sites (tertiary alicyclic amines) is 1.